The molecule has 1 heterocycles. The second kappa shape index (κ2) is 8.10. The predicted molar refractivity (Wildman–Crippen MR) is 103 cm³/mol. The highest BCUT2D eigenvalue weighted by molar-refractivity contribution is 5.93. The molecule has 29 heavy (non-hydrogen) atoms. The molecule has 2 aromatic rings. The summed E-state index contributed by atoms with van der Waals surface area (Å²) in [4.78, 5) is 24.7. The van der Waals surface area contributed by atoms with Crippen molar-refractivity contribution in [1.82, 2.24) is 0 Å². The molecule has 1 aliphatic rings. The molecule has 9 heteroatoms. The average Bonchev–Trinajstić information content (AvgIpc) is 2.68. The van der Waals surface area contributed by atoms with E-state index in [1.54, 1.807) is 4.90 Å². The monoisotopic (exact) mass is 407 g/mol. The number of nitro benzene ring substituents is 1. The quantitative estimate of drug-likeness (QED) is 0.585. The molecule has 1 N–H and O–H groups in total. The van der Waals surface area contributed by atoms with Crippen LogP contribution in [0.1, 0.15) is 24.0 Å². The molecule has 1 saturated heterocycles. The number of carbonyl (C=O) groups is 1. The minimum absolute atomic E-state index is 0.124. The van der Waals surface area contributed by atoms with Gasteiger partial charge in [0.05, 0.1) is 10.5 Å². The number of nitro groups is 1. The highest BCUT2D eigenvalue weighted by Crippen LogP contribution is 2.37. The fraction of sp³-hybridized carbons (Fsp3) is 0.350. The molecule has 6 nitrogen and oxygen atoms in total. The van der Waals surface area contributed by atoms with Crippen LogP contribution in [0.15, 0.2) is 42.5 Å². The Morgan fingerprint density at radius 1 is 1.17 bits per heavy atom. The standard InChI is InChI=1S/C20H20F3N3O3/c1-13-4-2-3-5-16(13)24-19(27)14-8-10-25(11-9-14)17-7-6-15(20(21,22)23)12-18(17)26(28)29/h2-7,12,14H,8-11H2,1H3,(H,24,27). The van der Waals surface area contributed by atoms with Gasteiger partial charge >= 0.3 is 6.18 Å². The van der Waals surface area contributed by atoms with Crippen molar-refractivity contribution < 1.29 is 22.9 Å². The summed E-state index contributed by atoms with van der Waals surface area (Å²) in [5, 5.41) is 14.2. The van der Waals surface area contributed by atoms with Gasteiger partial charge in [-0.2, -0.15) is 13.2 Å². The first kappa shape index (κ1) is 20.6. The highest BCUT2D eigenvalue weighted by Gasteiger charge is 2.35. The maximum absolute atomic E-state index is 12.9. The number of piperidine rings is 1. The van der Waals surface area contributed by atoms with E-state index in [4.69, 9.17) is 0 Å². The Kier molecular flexibility index (Phi) is 5.76. The van der Waals surface area contributed by atoms with Crippen LogP contribution in [0, 0.1) is 23.0 Å². The van der Waals surface area contributed by atoms with Crippen molar-refractivity contribution >= 4 is 23.0 Å². The molecular formula is C20H20F3N3O3. The number of nitrogens with zero attached hydrogens (tertiary/aromatic N) is 2. The Bertz CT molecular complexity index is 923. The van der Waals surface area contributed by atoms with Crippen molar-refractivity contribution in [3.8, 4) is 0 Å². The molecule has 0 spiro atoms. The van der Waals surface area contributed by atoms with Crippen LogP contribution in [-0.2, 0) is 11.0 Å². The van der Waals surface area contributed by atoms with Crippen LogP contribution < -0.4 is 10.2 Å². The number of amides is 1. The van der Waals surface area contributed by atoms with Crippen molar-refractivity contribution in [3.05, 3.63) is 63.7 Å². The number of hydrogen-bond donors (Lipinski definition) is 1. The molecule has 3 rings (SSSR count). The van der Waals surface area contributed by atoms with Crippen molar-refractivity contribution in [2.45, 2.75) is 25.9 Å². The molecule has 1 aliphatic heterocycles. The molecular weight excluding hydrogens is 387 g/mol. The number of benzene rings is 2. The minimum atomic E-state index is -4.65. The van der Waals surface area contributed by atoms with Crippen molar-refractivity contribution in [2.24, 2.45) is 5.92 Å². The lowest BCUT2D eigenvalue weighted by atomic mass is 9.95. The fourth-order valence-corrected chi connectivity index (χ4v) is 3.44. The molecule has 0 unspecified atom stereocenters. The highest BCUT2D eigenvalue weighted by atomic mass is 19.4. The van der Waals surface area contributed by atoms with Gasteiger partial charge in [-0.1, -0.05) is 18.2 Å². The Morgan fingerprint density at radius 2 is 1.83 bits per heavy atom. The first-order valence-electron chi connectivity index (χ1n) is 9.14. The molecule has 0 saturated carbocycles. The zero-order valence-electron chi connectivity index (χ0n) is 15.7. The van der Waals surface area contributed by atoms with Crippen LogP contribution in [0.3, 0.4) is 0 Å². The normalized spacial score (nSPS) is 15.2. The number of alkyl halides is 3. The third-order valence-electron chi connectivity index (χ3n) is 5.11. The van der Waals surface area contributed by atoms with Crippen LogP contribution in [0.5, 0.6) is 0 Å². The predicted octanol–water partition coefficient (Wildman–Crippen LogP) is 4.78. The number of hydrogen-bond acceptors (Lipinski definition) is 4. The first-order valence-corrected chi connectivity index (χ1v) is 9.14. The van der Waals surface area contributed by atoms with E-state index in [0.717, 1.165) is 23.4 Å². The van der Waals surface area contributed by atoms with E-state index >= 15 is 0 Å². The zero-order chi connectivity index (χ0) is 21.2. The molecule has 0 aliphatic carbocycles. The Labute approximate surface area is 165 Å². The van der Waals surface area contributed by atoms with Gasteiger partial charge < -0.3 is 10.2 Å². The number of carbonyl (C=O) groups excluding carboxylic acids is 1. The summed E-state index contributed by atoms with van der Waals surface area (Å²) in [5.41, 5.74) is 0.181. The SMILES string of the molecule is Cc1ccccc1NC(=O)C1CCN(c2ccc(C(F)(F)F)cc2[N+](=O)[O-])CC1. The third kappa shape index (κ3) is 4.67. The maximum Gasteiger partial charge on any atom is 0.416 e. The molecule has 2 aromatic carbocycles. The summed E-state index contributed by atoms with van der Waals surface area (Å²) in [6.45, 7) is 2.58. The summed E-state index contributed by atoms with van der Waals surface area (Å²) in [6, 6.07) is 9.95. The third-order valence-corrected chi connectivity index (χ3v) is 5.11. The Balaban J connectivity index is 1.70. The summed E-state index contributed by atoms with van der Waals surface area (Å²) < 4.78 is 38.6. The second-order valence-corrected chi connectivity index (χ2v) is 7.02. The number of nitrogens with one attached hydrogen (secondary N) is 1. The van der Waals surface area contributed by atoms with Crippen molar-refractivity contribution in [3.63, 3.8) is 0 Å². The van der Waals surface area contributed by atoms with Gasteiger partial charge in [-0.3, -0.25) is 14.9 Å². The number of aryl methyl sites for hydroxylation is 1. The van der Waals surface area contributed by atoms with Crippen LogP contribution in [0.4, 0.5) is 30.2 Å². The van der Waals surface area contributed by atoms with Gasteiger partial charge in [-0.05, 0) is 43.5 Å². The molecule has 154 valence electrons. The van der Waals surface area contributed by atoms with E-state index in [1.165, 1.54) is 0 Å². The van der Waals surface area contributed by atoms with Gasteiger partial charge in [0.15, 0.2) is 0 Å². The summed E-state index contributed by atoms with van der Waals surface area (Å²) >= 11 is 0. The minimum Gasteiger partial charge on any atom is -0.366 e. The molecule has 0 bridgehead atoms. The first-order chi connectivity index (χ1) is 13.7. The fourth-order valence-electron chi connectivity index (χ4n) is 3.44. The molecule has 1 amide bonds. The molecule has 1 fully saturated rings. The molecule has 0 radical (unpaired) electrons. The molecule has 0 atom stereocenters. The van der Waals surface area contributed by atoms with Gasteiger partial charge in [-0.25, -0.2) is 0 Å². The number of halogens is 3. The van der Waals surface area contributed by atoms with Gasteiger partial charge in [-0.15, -0.1) is 0 Å². The lowest BCUT2D eigenvalue weighted by Gasteiger charge is -2.32. The van der Waals surface area contributed by atoms with Crippen molar-refractivity contribution in [2.75, 3.05) is 23.3 Å². The smallest absolute Gasteiger partial charge is 0.366 e. The van der Waals surface area contributed by atoms with E-state index in [9.17, 15) is 28.1 Å². The summed E-state index contributed by atoms with van der Waals surface area (Å²) in [6.07, 6.45) is -3.74. The van der Waals surface area contributed by atoms with E-state index < -0.39 is 22.4 Å². The van der Waals surface area contributed by atoms with Crippen molar-refractivity contribution in [1.29, 1.82) is 0 Å². The van der Waals surface area contributed by atoms with Crippen LogP contribution in [-0.4, -0.2) is 23.9 Å². The summed E-state index contributed by atoms with van der Waals surface area (Å²) in [5.74, 6) is -0.389. The Hall–Kier alpha value is -3.10. The van der Waals surface area contributed by atoms with E-state index in [-0.39, 0.29) is 17.5 Å². The zero-order valence-corrected chi connectivity index (χ0v) is 15.7. The van der Waals surface area contributed by atoms with Gasteiger partial charge in [0, 0.05) is 30.8 Å². The van der Waals surface area contributed by atoms with Gasteiger partial charge in [0.2, 0.25) is 5.91 Å². The van der Waals surface area contributed by atoms with E-state index in [1.807, 2.05) is 31.2 Å². The van der Waals surface area contributed by atoms with Gasteiger partial charge in [0.25, 0.3) is 5.69 Å². The van der Waals surface area contributed by atoms with Crippen LogP contribution in [0.2, 0.25) is 0 Å². The average molecular weight is 407 g/mol. The second-order valence-electron chi connectivity index (χ2n) is 7.02. The van der Waals surface area contributed by atoms with Crippen LogP contribution in [0.25, 0.3) is 0 Å². The number of anilines is 2. The Morgan fingerprint density at radius 3 is 2.41 bits per heavy atom. The largest absolute Gasteiger partial charge is 0.416 e. The lowest BCUT2D eigenvalue weighted by Crippen LogP contribution is -2.38. The molecule has 0 aromatic heterocycles. The number of rotatable bonds is 4. The van der Waals surface area contributed by atoms with E-state index in [0.29, 0.717) is 32.0 Å². The van der Waals surface area contributed by atoms with E-state index in [2.05, 4.69) is 5.32 Å². The topological polar surface area (TPSA) is 75.5 Å². The van der Waals surface area contributed by atoms with Crippen LogP contribution >= 0.6 is 0 Å². The maximum atomic E-state index is 12.9. The lowest BCUT2D eigenvalue weighted by molar-refractivity contribution is -0.384. The van der Waals surface area contributed by atoms with Gasteiger partial charge in [0.1, 0.15) is 5.69 Å². The summed E-state index contributed by atoms with van der Waals surface area (Å²) in [7, 11) is 0. The number of para-hydroxylation sites is 1.